The molecule has 1 aliphatic rings. The van der Waals surface area contributed by atoms with Gasteiger partial charge in [-0.15, -0.1) is 0 Å². The van der Waals surface area contributed by atoms with Gasteiger partial charge in [-0.25, -0.2) is 0 Å². The molecule has 5 nitrogen and oxygen atoms in total. The Morgan fingerprint density at radius 1 is 1.29 bits per heavy atom. The van der Waals surface area contributed by atoms with Crippen LogP contribution in [0.15, 0.2) is 22.7 Å². The van der Waals surface area contributed by atoms with Crippen LogP contribution in [0, 0.1) is 6.92 Å². The topological polar surface area (TPSA) is 54.3 Å². The van der Waals surface area contributed by atoms with E-state index in [-0.39, 0.29) is 5.41 Å². The van der Waals surface area contributed by atoms with Crippen LogP contribution in [-0.4, -0.2) is 34.4 Å². The highest BCUT2D eigenvalue weighted by Gasteiger charge is 2.24. The molecule has 132 valence electrons. The van der Waals surface area contributed by atoms with E-state index in [1.165, 1.54) is 11.3 Å². The van der Waals surface area contributed by atoms with Crippen molar-refractivity contribution in [1.29, 1.82) is 0 Å². The third kappa shape index (κ3) is 4.28. The zero-order chi connectivity index (χ0) is 17.2. The minimum Gasteiger partial charge on any atom is -0.465 e. The summed E-state index contributed by atoms with van der Waals surface area (Å²) < 4.78 is 11.6. The Bertz CT molecular complexity index is 648. The fourth-order valence-electron chi connectivity index (χ4n) is 3.37. The lowest BCUT2D eigenvalue weighted by Crippen LogP contribution is -2.32. The quantitative estimate of drug-likeness (QED) is 0.875. The lowest BCUT2D eigenvalue weighted by Gasteiger charge is -2.26. The molecule has 1 N–H and O–H groups in total. The van der Waals surface area contributed by atoms with E-state index >= 15 is 0 Å². The van der Waals surface area contributed by atoms with Gasteiger partial charge in [0.05, 0.1) is 18.8 Å². The van der Waals surface area contributed by atoms with E-state index in [1.807, 2.05) is 19.2 Å². The van der Waals surface area contributed by atoms with Crippen molar-refractivity contribution in [2.24, 2.45) is 0 Å². The molecule has 0 radical (unpaired) electrons. The summed E-state index contributed by atoms with van der Waals surface area (Å²) in [7, 11) is 0. The second-order valence-electron chi connectivity index (χ2n) is 7.84. The molecule has 1 fully saturated rings. The van der Waals surface area contributed by atoms with Crippen molar-refractivity contribution in [3.8, 4) is 0 Å². The van der Waals surface area contributed by atoms with Gasteiger partial charge in [-0.1, -0.05) is 20.8 Å². The zero-order valence-electron chi connectivity index (χ0n) is 15.3. The largest absolute Gasteiger partial charge is 0.465 e. The van der Waals surface area contributed by atoms with Crippen molar-refractivity contribution in [2.45, 2.75) is 65.1 Å². The minimum atomic E-state index is 0.0582. The first kappa shape index (κ1) is 17.2. The van der Waals surface area contributed by atoms with Crippen LogP contribution in [0.5, 0.6) is 0 Å². The van der Waals surface area contributed by atoms with Crippen LogP contribution in [-0.2, 0) is 23.2 Å². The maximum atomic E-state index is 5.85. The number of hydrogen-bond acceptors (Lipinski definition) is 4. The monoisotopic (exact) mass is 331 g/mol. The van der Waals surface area contributed by atoms with E-state index in [2.05, 4.69) is 41.9 Å². The van der Waals surface area contributed by atoms with Gasteiger partial charge in [0.25, 0.3) is 0 Å². The van der Waals surface area contributed by atoms with Crippen LogP contribution in [0.3, 0.4) is 0 Å². The predicted octanol–water partition coefficient (Wildman–Crippen LogP) is 3.79. The Hall–Kier alpha value is -1.59. The number of ether oxygens (including phenoxy) is 1. The van der Waals surface area contributed by atoms with E-state index in [4.69, 9.17) is 9.15 Å². The number of H-pyrrole nitrogens is 1. The molecule has 24 heavy (non-hydrogen) atoms. The average molecular weight is 331 g/mol. The van der Waals surface area contributed by atoms with Crippen molar-refractivity contribution in [3.63, 3.8) is 0 Å². The fraction of sp³-hybridized carbons (Fsp3) is 0.632. The number of furan rings is 1. The number of aryl methyl sites for hydroxylation is 1. The molecular formula is C19H29N3O2. The SMILES string of the molecule is Cc1ccc(CN(Cc2cn[nH]c2C(C)(C)C)C[C@H]2CCCO2)o1. The molecule has 0 spiro atoms. The summed E-state index contributed by atoms with van der Waals surface area (Å²) in [5.41, 5.74) is 2.52. The standard InChI is InChI=1S/C19H29N3O2/c1-14-7-8-17(24-14)13-22(12-16-6-5-9-23-16)11-15-10-20-21-18(15)19(2,3)4/h7-8,10,16H,5-6,9,11-13H2,1-4H3,(H,20,21)/t16-/m1/s1. The van der Waals surface area contributed by atoms with Gasteiger partial charge in [0, 0.05) is 36.4 Å². The first-order valence-electron chi connectivity index (χ1n) is 8.84. The van der Waals surface area contributed by atoms with Crippen LogP contribution in [0.4, 0.5) is 0 Å². The van der Waals surface area contributed by atoms with Crippen LogP contribution in [0.2, 0.25) is 0 Å². The number of nitrogens with zero attached hydrogens (tertiary/aromatic N) is 2. The lowest BCUT2D eigenvalue weighted by molar-refractivity contribution is 0.0652. The number of rotatable bonds is 6. The van der Waals surface area contributed by atoms with Crippen molar-refractivity contribution in [1.82, 2.24) is 15.1 Å². The molecule has 1 atom stereocenters. The zero-order valence-corrected chi connectivity index (χ0v) is 15.3. The van der Waals surface area contributed by atoms with Crippen LogP contribution < -0.4 is 0 Å². The first-order chi connectivity index (χ1) is 11.4. The Morgan fingerprint density at radius 3 is 2.75 bits per heavy atom. The summed E-state index contributed by atoms with van der Waals surface area (Å²) in [6, 6.07) is 4.09. The van der Waals surface area contributed by atoms with Crippen LogP contribution in [0.25, 0.3) is 0 Å². The summed E-state index contributed by atoms with van der Waals surface area (Å²) in [5.74, 6) is 1.96. The summed E-state index contributed by atoms with van der Waals surface area (Å²) in [6.45, 7) is 12.1. The highest BCUT2D eigenvalue weighted by molar-refractivity contribution is 5.23. The van der Waals surface area contributed by atoms with Crippen LogP contribution >= 0.6 is 0 Å². The molecule has 3 heterocycles. The Labute approximate surface area is 144 Å². The van der Waals surface area contributed by atoms with Crippen LogP contribution in [0.1, 0.15) is 56.4 Å². The van der Waals surface area contributed by atoms with Crippen molar-refractivity contribution >= 4 is 0 Å². The summed E-state index contributed by atoms with van der Waals surface area (Å²) >= 11 is 0. The molecule has 1 aliphatic heterocycles. The Morgan fingerprint density at radius 2 is 2.12 bits per heavy atom. The van der Waals surface area contributed by atoms with Crippen molar-refractivity contribution in [3.05, 3.63) is 41.1 Å². The van der Waals surface area contributed by atoms with Gasteiger partial charge in [-0.05, 0) is 31.9 Å². The van der Waals surface area contributed by atoms with E-state index in [0.717, 1.165) is 50.6 Å². The summed E-state index contributed by atoms with van der Waals surface area (Å²) in [6.07, 6.45) is 4.59. The van der Waals surface area contributed by atoms with Gasteiger partial charge >= 0.3 is 0 Å². The van der Waals surface area contributed by atoms with Gasteiger partial charge in [0.2, 0.25) is 0 Å². The second-order valence-corrected chi connectivity index (χ2v) is 7.84. The van der Waals surface area contributed by atoms with Gasteiger partial charge in [-0.2, -0.15) is 5.10 Å². The highest BCUT2D eigenvalue weighted by atomic mass is 16.5. The second kappa shape index (κ2) is 7.11. The average Bonchev–Trinajstić information content (AvgIpc) is 3.20. The third-order valence-electron chi connectivity index (χ3n) is 4.52. The fourth-order valence-corrected chi connectivity index (χ4v) is 3.37. The molecule has 0 aromatic carbocycles. The van der Waals surface area contributed by atoms with Gasteiger partial charge in [-0.3, -0.25) is 10.00 Å². The number of aromatic nitrogens is 2. The molecule has 3 rings (SSSR count). The molecule has 1 saturated heterocycles. The molecule has 0 aliphatic carbocycles. The molecule has 0 amide bonds. The molecule has 0 saturated carbocycles. The summed E-state index contributed by atoms with van der Waals surface area (Å²) in [4.78, 5) is 2.41. The molecule has 2 aromatic heterocycles. The lowest BCUT2D eigenvalue weighted by atomic mass is 9.89. The number of nitrogens with one attached hydrogen (secondary N) is 1. The van der Waals surface area contributed by atoms with Crippen molar-refractivity contribution in [2.75, 3.05) is 13.2 Å². The highest BCUT2D eigenvalue weighted by Crippen LogP contribution is 2.25. The number of aromatic amines is 1. The molecule has 5 heteroatoms. The molecule has 0 bridgehead atoms. The Balaban J connectivity index is 1.75. The predicted molar refractivity (Wildman–Crippen MR) is 93.8 cm³/mol. The van der Waals surface area contributed by atoms with Gasteiger partial charge in [0.15, 0.2) is 0 Å². The Kier molecular flexibility index (Phi) is 5.11. The molecular weight excluding hydrogens is 302 g/mol. The van der Waals surface area contributed by atoms with Gasteiger partial charge in [0.1, 0.15) is 11.5 Å². The molecule has 2 aromatic rings. The first-order valence-corrected chi connectivity index (χ1v) is 8.84. The van der Waals surface area contributed by atoms with E-state index in [0.29, 0.717) is 6.10 Å². The minimum absolute atomic E-state index is 0.0582. The van der Waals surface area contributed by atoms with E-state index < -0.39 is 0 Å². The number of hydrogen-bond donors (Lipinski definition) is 1. The smallest absolute Gasteiger partial charge is 0.118 e. The third-order valence-corrected chi connectivity index (χ3v) is 4.52. The maximum absolute atomic E-state index is 5.85. The van der Waals surface area contributed by atoms with E-state index in [1.54, 1.807) is 0 Å². The van der Waals surface area contributed by atoms with Crippen molar-refractivity contribution < 1.29 is 9.15 Å². The maximum Gasteiger partial charge on any atom is 0.118 e. The van der Waals surface area contributed by atoms with E-state index in [9.17, 15) is 0 Å². The van der Waals surface area contributed by atoms with Gasteiger partial charge < -0.3 is 9.15 Å². The molecule has 0 unspecified atom stereocenters. The summed E-state index contributed by atoms with van der Waals surface area (Å²) in [5, 5.41) is 7.46. The normalized spacial score (nSPS) is 18.6.